The van der Waals surface area contributed by atoms with E-state index >= 15 is 0 Å². The van der Waals surface area contributed by atoms with Gasteiger partial charge in [-0.25, -0.2) is 0 Å². The van der Waals surface area contributed by atoms with Crippen LogP contribution in [0.25, 0.3) is 21.8 Å². The highest BCUT2D eigenvalue weighted by molar-refractivity contribution is 5.87. The zero-order chi connectivity index (χ0) is 24.9. The number of aryl methyl sites for hydroxylation is 2. The van der Waals surface area contributed by atoms with Gasteiger partial charge in [0.2, 0.25) is 0 Å². The molecule has 0 spiro atoms. The average molecular weight is 467 g/mol. The lowest BCUT2D eigenvalue weighted by Gasteiger charge is -2.22. The first-order valence-corrected chi connectivity index (χ1v) is 10.9. The van der Waals surface area contributed by atoms with E-state index < -0.39 is 16.4 Å². The fraction of sp³-hybridized carbons (Fsp3) is 0.111. The van der Waals surface area contributed by atoms with E-state index in [4.69, 9.17) is 0 Å². The number of fused-ring (bicyclic) bond motifs is 2. The minimum Gasteiger partial charge on any atom is -0.507 e. The SMILES string of the molecule is Cn1c(=O)c(C(c2ccc([N+](=O)[O-])cc2)c2c(O)c3ccccc3n(C)c2=O)cc2ccccc21. The molecule has 5 aromatic rings. The summed E-state index contributed by atoms with van der Waals surface area (Å²) in [6, 6.07) is 21.8. The predicted molar refractivity (Wildman–Crippen MR) is 134 cm³/mol. The molecule has 1 atom stereocenters. The number of hydrogen-bond acceptors (Lipinski definition) is 5. The van der Waals surface area contributed by atoms with E-state index in [1.165, 1.54) is 33.4 Å². The molecule has 0 saturated carbocycles. The maximum atomic E-state index is 13.6. The number of para-hydroxylation sites is 2. The van der Waals surface area contributed by atoms with Gasteiger partial charge >= 0.3 is 0 Å². The summed E-state index contributed by atoms with van der Waals surface area (Å²) in [6.45, 7) is 0. The van der Waals surface area contributed by atoms with Crippen LogP contribution in [0.3, 0.4) is 0 Å². The van der Waals surface area contributed by atoms with Gasteiger partial charge in [0, 0.05) is 43.1 Å². The van der Waals surface area contributed by atoms with Crippen molar-refractivity contribution in [3.8, 4) is 5.75 Å². The van der Waals surface area contributed by atoms with Crippen LogP contribution < -0.4 is 11.1 Å². The van der Waals surface area contributed by atoms with Crippen molar-refractivity contribution < 1.29 is 10.0 Å². The Morgan fingerprint density at radius 3 is 2.11 bits per heavy atom. The first kappa shape index (κ1) is 22.1. The Bertz CT molecular complexity index is 1750. The summed E-state index contributed by atoms with van der Waals surface area (Å²) in [6.07, 6.45) is 0. The van der Waals surface area contributed by atoms with Crippen LogP contribution >= 0.6 is 0 Å². The molecule has 174 valence electrons. The van der Waals surface area contributed by atoms with Crippen molar-refractivity contribution in [2.75, 3.05) is 0 Å². The Hall–Kier alpha value is -4.72. The normalized spacial score (nSPS) is 12.2. The quantitative estimate of drug-likeness (QED) is 0.315. The van der Waals surface area contributed by atoms with E-state index in [9.17, 15) is 24.8 Å². The smallest absolute Gasteiger partial charge is 0.269 e. The number of non-ortho nitro benzene ring substituents is 1. The van der Waals surface area contributed by atoms with Gasteiger partial charge < -0.3 is 14.2 Å². The summed E-state index contributed by atoms with van der Waals surface area (Å²) in [5.41, 5.74) is 1.16. The van der Waals surface area contributed by atoms with E-state index in [1.54, 1.807) is 44.4 Å². The van der Waals surface area contributed by atoms with Crippen molar-refractivity contribution >= 4 is 27.5 Å². The van der Waals surface area contributed by atoms with Crippen LogP contribution in [0.15, 0.2) is 88.5 Å². The molecular weight excluding hydrogens is 446 g/mol. The molecule has 0 fully saturated rings. The van der Waals surface area contributed by atoms with Crippen molar-refractivity contribution in [2.24, 2.45) is 14.1 Å². The molecule has 0 aliphatic carbocycles. The van der Waals surface area contributed by atoms with E-state index in [2.05, 4.69) is 0 Å². The van der Waals surface area contributed by atoms with Gasteiger partial charge in [0.15, 0.2) is 0 Å². The van der Waals surface area contributed by atoms with Crippen LogP contribution in [0.4, 0.5) is 5.69 Å². The first-order valence-electron chi connectivity index (χ1n) is 10.9. The minimum atomic E-state index is -0.956. The van der Waals surface area contributed by atoms with Gasteiger partial charge in [0.1, 0.15) is 5.75 Å². The molecule has 1 unspecified atom stereocenters. The van der Waals surface area contributed by atoms with Gasteiger partial charge in [-0.05, 0) is 35.2 Å². The third kappa shape index (κ3) is 3.47. The number of hydrogen-bond donors (Lipinski definition) is 1. The second-order valence-electron chi connectivity index (χ2n) is 8.45. The summed E-state index contributed by atoms with van der Waals surface area (Å²) in [5.74, 6) is -1.18. The standard InChI is InChI=1S/C27H21N3O5/c1-28-21-9-5-3-7-17(21)15-20(26(28)32)23(16-11-13-18(14-12-16)30(34)35)24-25(31)19-8-4-6-10-22(19)29(2)27(24)33/h3-15,23,31H,1-2H3. The summed E-state index contributed by atoms with van der Waals surface area (Å²) < 4.78 is 2.94. The fourth-order valence-electron chi connectivity index (χ4n) is 4.71. The number of nitro benzene ring substituents is 1. The molecule has 0 bridgehead atoms. The molecule has 8 nitrogen and oxygen atoms in total. The van der Waals surface area contributed by atoms with Gasteiger partial charge in [0.05, 0.1) is 21.5 Å². The molecule has 2 heterocycles. The highest BCUT2D eigenvalue weighted by Crippen LogP contribution is 2.38. The van der Waals surface area contributed by atoms with Gasteiger partial charge in [-0.3, -0.25) is 19.7 Å². The summed E-state index contributed by atoms with van der Waals surface area (Å²) in [5, 5.41) is 23.8. The summed E-state index contributed by atoms with van der Waals surface area (Å²) in [4.78, 5) is 37.9. The largest absolute Gasteiger partial charge is 0.507 e. The lowest BCUT2D eigenvalue weighted by atomic mass is 9.84. The van der Waals surface area contributed by atoms with Crippen LogP contribution in [0.5, 0.6) is 5.75 Å². The Balaban J connectivity index is 1.90. The van der Waals surface area contributed by atoms with Crippen molar-refractivity contribution in [1.29, 1.82) is 0 Å². The fourth-order valence-corrected chi connectivity index (χ4v) is 4.71. The molecule has 0 amide bonds. The van der Waals surface area contributed by atoms with Gasteiger partial charge in [0.25, 0.3) is 16.8 Å². The van der Waals surface area contributed by atoms with Crippen molar-refractivity contribution in [1.82, 2.24) is 9.13 Å². The number of benzene rings is 3. The van der Waals surface area contributed by atoms with Gasteiger partial charge in [-0.1, -0.05) is 42.5 Å². The van der Waals surface area contributed by atoms with Crippen LogP contribution in [-0.2, 0) is 14.1 Å². The maximum Gasteiger partial charge on any atom is 0.269 e. The van der Waals surface area contributed by atoms with Gasteiger partial charge in [-0.2, -0.15) is 0 Å². The summed E-state index contributed by atoms with van der Waals surface area (Å²) in [7, 11) is 3.26. The van der Waals surface area contributed by atoms with Crippen molar-refractivity contribution in [3.63, 3.8) is 0 Å². The third-order valence-corrected chi connectivity index (χ3v) is 6.51. The molecule has 5 rings (SSSR count). The molecule has 0 radical (unpaired) electrons. The van der Waals surface area contributed by atoms with E-state index in [0.717, 1.165) is 10.9 Å². The number of aromatic nitrogens is 2. The average Bonchev–Trinajstić information content (AvgIpc) is 2.88. The molecule has 0 aliphatic heterocycles. The van der Waals surface area contributed by atoms with E-state index in [0.29, 0.717) is 16.5 Å². The molecule has 0 saturated heterocycles. The molecule has 0 aliphatic rings. The predicted octanol–water partition coefficient (Wildman–Crippen LogP) is 4.18. The van der Waals surface area contributed by atoms with E-state index in [1.807, 2.05) is 24.3 Å². The minimum absolute atomic E-state index is 0.0347. The van der Waals surface area contributed by atoms with Crippen LogP contribution in [0, 0.1) is 10.1 Å². The number of nitro groups is 1. The Morgan fingerprint density at radius 1 is 0.829 bits per heavy atom. The third-order valence-electron chi connectivity index (χ3n) is 6.51. The highest BCUT2D eigenvalue weighted by Gasteiger charge is 2.29. The Morgan fingerprint density at radius 2 is 1.43 bits per heavy atom. The van der Waals surface area contributed by atoms with Gasteiger partial charge in [-0.15, -0.1) is 0 Å². The molecule has 3 aromatic carbocycles. The lowest BCUT2D eigenvalue weighted by molar-refractivity contribution is -0.384. The number of rotatable bonds is 4. The number of pyridine rings is 2. The highest BCUT2D eigenvalue weighted by atomic mass is 16.6. The number of aromatic hydroxyl groups is 1. The zero-order valence-corrected chi connectivity index (χ0v) is 19.0. The molecular formula is C27H21N3O5. The van der Waals surface area contributed by atoms with E-state index in [-0.39, 0.29) is 28.1 Å². The summed E-state index contributed by atoms with van der Waals surface area (Å²) >= 11 is 0. The lowest BCUT2D eigenvalue weighted by Crippen LogP contribution is -2.29. The monoisotopic (exact) mass is 467 g/mol. The maximum absolute atomic E-state index is 13.6. The van der Waals surface area contributed by atoms with Crippen LogP contribution in [0.1, 0.15) is 22.6 Å². The first-order chi connectivity index (χ1) is 16.8. The van der Waals surface area contributed by atoms with Crippen LogP contribution in [0.2, 0.25) is 0 Å². The molecule has 2 aromatic heterocycles. The zero-order valence-electron chi connectivity index (χ0n) is 19.0. The Kier molecular flexibility index (Phi) is 5.21. The number of nitrogens with zero attached hydrogens (tertiary/aromatic N) is 3. The van der Waals surface area contributed by atoms with Crippen molar-refractivity contribution in [3.05, 3.63) is 126 Å². The second-order valence-corrected chi connectivity index (χ2v) is 8.45. The molecule has 35 heavy (non-hydrogen) atoms. The molecule has 1 N–H and O–H groups in total. The topological polar surface area (TPSA) is 107 Å². The van der Waals surface area contributed by atoms with Crippen molar-refractivity contribution in [2.45, 2.75) is 5.92 Å². The second kappa shape index (κ2) is 8.25. The Labute approximate surface area is 199 Å². The van der Waals surface area contributed by atoms with Crippen LogP contribution in [-0.4, -0.2) is 19.2 Å². The molecule has 8 heteroatoms.